The molecule has 3 atom stereocenters. The summed E-state index contributed by atoms with van der Waals surface area (Å²) < 4.78 is 0. The van der Waals surface area contributed by atoms with Crippen LogP contribution in [0.5, 0.6) is 0 Å². The van der Waals surface area contributed by atoms with Crippen LogP contribution in [0, 0.1) is 11.8 Å². The van der Waals surface area contributed by atoms with Gasteiger partial charge in [-0.3, -0.25) is 0 Å². The van der Waals surface area contributed by atoms with Gasteiger partial charge in [-0.05, 0) is 49.7 Å². The highest BCUT2D eigenvalue weighted by Gasteiger charge is 2.24. The standard InChI is InChI=1S/C15H25NS/c1-3-13-7-8-14(17-13)10-15(16)12-6-4-5-11(2)9-12/h7-8,11-12,15H,3-6,9-10,16H2,1-2H3. The molecule has 0 aromatic carbocycles. The molecule has 0 spiro atoms. The van der Waals surface area contributed by atoms with E-state index in [0.717, 1.165) is 24.7 Å². The van der Waals surface area contributed by atoms with E-state index >= 15 is 0 Å². The average Bonchev–Trinajstić information content (AvgIpc) is 2.77. The molecule has 3 unspecified atom stereocenters. The molecule has 2 rings (SSSR count). The normalized spacial score (nSPS) is 27.0. The predicted octanol–water partition coefficient (Wildman–Crippen LogP) is 4.01. The van der Waals surface area contributed by atoms with E-state index in [1.54, 1.807) is 0 Å². The molecule has 2 heteroatoms. The zero-order valence-electron chi connectivity index (χ0n) is 11.1. The van der Waals surface area contributed by atoms with Crippen molar-refractivity contribution in [3.8, 4) is 0 Å². The van der Waals surface area contributed by atoms with E-state index < -0.39 is 0 Å². The van der Waals surface area contributed by atoms with Crippen molar-refractivity contribution in [2.45, 2.75) is 58.4 Å². The second kappa shape index (κ2) is 6.01. The van der Waals surface area contributed by atoms with E-state index in [-0.39, 0.29) is 0 Å². The van der Waals surface area contributed by atoms with Crippen LogP contribution in [0.2, 0.25) is 0 Å². The summed E-state index contributed by atoms with van der Waals surface area (Å²) >= 11 is 1.95. The number of thiophene rings is 1. The minimum Gasteiger partial charge on any atom is -0.327 e. The molecule has 1 saturated carbocycles. The maximum absolute atomic E-state index is 6.40. The number of aryl methyl sites for hydroxylation is 1. The van der Waals surface area contributed by atoms with E-state index in [9.17, 15) is 0 Å². The minimum absolute atomic E-state index is 0.376. The van der Waals surface area contributed by atoms with Gasteiger partial charge >= 0.3 is 0 Å². The van der Waals surface area contributed by atoms with Crippen molar-refractivity contribution in [3.63, 3.8) is 0 Å². The average molecular weight is 251 g/mol. The van der Waals surface area contributed by atoms with Crippen LogP contribution in [-0.4, -0.2) is 6.04 Å². The maximum Gasteiger partial charge on any atom is 0.0116 e. The summed E-state index contributed by atoms with van der Waals surface area (Å²) in [6.45, 7) is 4.59. The molecule has 1 aromatic rings. The Hall–Kier alpha value is -0.340. The Morgan fingerprint density at radius 1 is 1.35 bits per heavy atom. The van der Waals surface area contributed by atoms with E-state index in [1.165, 1.54) is 35.4 Å². The summed E-state index contributed by atoms with van der Waals surface area (Å²) in [6.07, 6.45) is 7.71. The van der Waals surface area contributed by atoms with Crippen LogP contribution in [-0.2, 0) is 12.8 Å². The first-order chi connectivity index (χ1) is 8.19. The molecule has 96 valence electrons. The molecule has 0 amide bonds. The first kappa shape index (κ1) is 13.1. The lowest BCUT2D eigenvalue weighted by atomic mass is 9.78. The largest absolute Gasteiger partial charge is 0.327 e. The van der Waals surface area contributed by atoms with Crippen LogP contribution < -0.4 is 5.73 Å². The third-order valence-electron chi connectivity index (χ3n) is 4.09. The summed E-state index contributed by atoms with van der Waals surface area (Å²) in [5.41, 5.74) is 6.40. The maximum atomic E-state index is 6.40. The van der Waals surface area contributed by atoms with Gasteiger partial charge in [-0.25, -0.2) is 0 Å². The first-order valence-corrected chi connectivity index (χ1v) is 7.83. The predicted molar refractivity (Wildman–Crippen MR) is 76.5 cm³/mol. The quantitative estimate of drug-likeness (QED) is 0.860. The Balaban J connectivity index is 1.89. The van der Waals surface area contributed by atoms with Crippen LogP contribution in [0.1, 0.15) is 49.3 Å². The lowest BCUT2D eigenvalue weighted by Gasteiger charge is -2.31. The molecule has 1 nitrogen and oxygen atoms in total. The number of hydrogen-bond acceptors (Lipinski definition) is 2. The second-order valence-electron chi connectivity index (χ2n) is 5.62. The molecule has 0 radical (unpaired) electrons. The SMILES string of the molecule is CCc1ccc(CC(N)C2CCCC(C)C2)s1. The number of rotatable bonds is 4. The Morgan fingerprint density at radius 2 is 2.12 bits per heavy atom. The molecule has 0 bridgehead atoms. The monoisotopic (exact) mass is 251 g/mol. The van der Waals surface area contributed by atoms with Gasteiger partial charge in [0.2, 0.25) is 0 Å². The molecule has 0 aliphatic heterocycles. The Labute approximate surface area is 109 Å². The Bertz CT molecular complexity index is 344. The summed E-state index contributed by atoms with van der Waals surface area (Å²) in [7, 11) is 0. The fraction of sp³-hybridized carbons (Fsp3) is 0.733. The fourth-order valence-electron chi connectivity index (χ4n) is 2.99. The first-order valence-electron chi connectivity index (χ1n) is 7.02. The van der Waals surface area contributed by atoms with Crippen molar-refractivity contribution in [1.82, 2.24) is 0 Å². The topological polar surface area (TPSA) is 26.0 Å². The van der Waals surface area contributed by atoms with Crippen molar-refractivity contribution in [3.05, 3.63) is 21.9 Å². The smallest absolute Gasteiger partial charge is 0.0116 e. The Kier molecular flexibility index (Phi) is 4.63. The molecule has 1 aromatic heterocycles. The van der Waals surface area contributed by atoms with Crippen molar-refractivity contribution in [2.75, 3.05) is 0 Å². The molecular weight excluding hydrogens is 226 g/mol. The third kappa shape index (κ3) is 3.56. The summed E-state index contributed by atoms with van der Waals surface area (Å²) in [5.74, 6) is 1.64. The van der Waals surface area contributed by atoms with Gasteiger partial charge in [0.25, 0.3) is 0 Å². The highest BCUT2D eigenvalue weighted by atomic mass is 32.1. The molecule has 2 N–H and O–H groups in total. The molecule has 1 aliphatic carbocycles. The van der Waals surface area contributed by atoms with Crippen molar-refractivity contribution in [2.24, 2.45) is 17.6 Å². The molecule has 1 aliphatic rings. The molecular formula is C15H25NS. The van der Waals surface area contributed by atoms with Gasteiger partial charge in [0.1, 0.15) is 0 Å². The van der Waals surface area contributed by atoms with Crippen molar-refractivity contribution >= 4 is 11.3 Å². The zero-order valence-corrected chi connectivity index (χ0v) is 11.9. The molecule has 17 heavy (non-hydrogen) atoms. The van der Waals surface area contributed by atoms with Crippen LogP contribution in [0.4, 0.5) is 0 Å². The van der Waals surface area contributed by atoms with E-state index in [0.29, 0.717) is 6.04 Å². The third-order valence-corrected chi connectivity index (χ3v) is 5.34. The van der Waals surface area contributed by atoms with Crippen LogP contribution in [0.15, 0.2) is 12.1 Å². The van der Waals surface area contributed by atoms with Gasteiger partial charge in [0.15, 0.2) is 0 Å². The van der Waals surface area contributed by atoms with E-state index in [4.69, 9.17) is 5.73 Å². The van der Waals surface area contributed by atoms with Crippen LogP contribution in [0.3, 0.4) is 0 Å². The van der Waals surface area contributed by atoms with Gasteiger partial charge in [0, 0.05) is 15.8 Å². The van der Waals surface area contributed by atoms with Gasteiger partial charge in [-0.15, -0.1) is 11.3 Å². The number of hydrogen-bond donors (Lipinski definition) is 1. The molecule has 1 heterocycles. The molecule has 1 fully saturated rings. The summed E-state index contributed by atoms with van der Waals surface area (Å²) in [6, 6.07) is 4.91. The summed E-state index contributed by atoms with van der Waals surface area (Å²) in [5, 5.41) is 0. The van der Waals surface area contributed by atoms with Crippen LogP contribution in [0.25, 0.3) is 0 Å². The van der Waals surface area contributed by atoms with Gasteiger partial charge < -0.3 is 5.73 Å². The molecule has 0 saturated heterocycles. The highest BCUT2D eigenvalue weighted by molar-refractivity contribution is 7.11. The minimum atomic E-state index is 0.376. The Morgan fingerprint density at radius 3 is 2.76 bits per heavy atom. The fourth-order valence-corrected chi connectivity index (χ4v) is 4.02. The van der Waals surface area contributed by atoms with Gasteiger partial charge in [-0.2, -0.15) is 0 Å². The highest BCUT2D eigenvalue weighted by Crippen LogP contribution is 2.31. The zero-order chi connectivity index (χ0) is 12.3. The van der Waals surface area contributed by atoms with Crippen molar-refractivity contribution in [1.29, 1.82) is 0 Å². The lowest BCUT2D eigenvalue weighted by molar-refractivity contribution is 0.246. The van der Waals surface area contributed by atoms with E-state index in [2.05, 4.69) is 26.0 Å². The van der Waals surface area contributed by atoms with E-state index in [1.807, 2.05) is 11.3 Å². The summed E-state index contributed by atoms with van der Waals surface area (Å²) in [4.78, 5) is 2.97. The van der Waals surface area contributed by atoms with Crippen molar-refractivity contribution < 1.29 is 0 Å². The lowest BCUT2D eigenvalue weighted by Crippen LogP contribution is -2.34. The van der Waals surface area contributed by atoms with Gasteiger partial charge in [0.05, 0.1) is 0 Å². The second-order valence-corrected chi connectivity index (χ2v) is 6.87. The van der Waals surface area contributed by atoms with Gasteiger partial charge in [-0.1, -0.05) is 26.7 Å². The number of nitrogens with two attached hydrogens (primary N) is 1. The van der Waals surface area contributed by atoms with Crippen LogP contribution >= 0.6 is 11.3 Å².